The van der Waals surface area contributed by atoms with Crippen molar-refractivity contribution in [3.8, 4) is 5.75 Å². The van der Waals surface area contributed by atoms with Gasteiger partial charge in [0.25, 0.3) is 5.91 Å². The summed E-state index contributed by atoms with van der Waals surface area (Å²) in [5, 5.41) is 2.98. The molecule has 0 aliphatic carbocycles. The Hall–Kier alpha value is -2.67. The highest BCUT2D eigenvalue weighted by Gasteiger charge is 2.21. The maximum atomic E-state index is 13.0. The highest BCUT2D eigenvalue weighted by molar-refractivity contribution is 5.77. The Morgan fingerprint density at radius 2 is 1.93 bits per heavy atom. The van der Waals surface area contributed by atoms with Crippen LogP contribution in [0.15, 0.2) is 41.3 Å². The monoisotopic (exact) mass is 387 g/mol. The molecule has 1 N–H and O–H groups in total. The van der Waals surface area contributed by atoms with Gasteiger partial charge in [-0.05, 0) is 37.5 Å². The van der Waals surface area contributed by atoms with Gasteiger partial charge >= 0.3 is 0 Å². The SMILES string of the molecule is Cc1cc(=O)c(OCC(=O)NC2CCN(Cc3ccc(F)cc3)CC2)cn1C. The Labute approximate surface area is 163 Å². The van der Waals surface area contributed by atoms with Gasteiger partial charge in [-0.15, -0.1) is 0 Å². The molecule has 1 aliphatic rings. The molecule has 0 unspecified atom stereocenters. The number of likely N-dealkylation sites (tertiary alicyclic amines) is 1. The standard InChI is InChI=1S/C21H26FN3O3/c1-15-11-19(26)20(13-24(15)2)28-14-21(27)23-18-7-9-25(10-8-18)12-16-3-5-17(22)6-4-16/h3-6,11,13,18H,7-10,12,14H2,1-2H3,(H,23,27). The predicted octanol–water partition coefficient (Wildman–Crippen LogP) is 1.99. The molecule has 0 spiro atoms. The van der Waals surface area contributed by atoms with Crippen molar-refractivity contribution in [2.75, 3.05) is 19.7 Å². The Bertz CT molecular complexity index is 871. The lowest BCUT2D eigenvalue weighted by Gasteiger charge is -2.32. The zero-order chi connectivity index (χ0) is 20.1. The smallest absolute Gasteiger partial charge is 0.258 e. The minimum Gasteiger partial charge on any atom is -0.478 e. The van der Waals surface area contributed by atoms with Gasteiger partial charge < -0.3 is 14.6 Å². The summed E-state index contributed by atoms with van der Waals surface area (Å²) in [4.78, 5) is 26.4. The maximum Gasteiger partial charge on any atom is 0.258 e. The number of amides is 1. The van der Waals surface area contributed by atoms with Crippen molar-refractivity contribution in [2.24, 2.45) is 7.05 Å². The van der Waals surface area contributed by atoms with Crippen molar-refractivity contribution >= 4 is 5.91 Å². The molecule has 6 nitrogen and oxygen atoms in total. The van der Waals surface area contributed by atoms with Crippen LogP contribution in [-0.4, -0.2) is 41.1 Å². The van der Waals surface area contributed by atoms with Crippen molar-refractivity contribution in [1.29, 1.82) is 0 Å². The topological polar surface area (TPSA) is 63.6 Å². The molecule has 1 aromatic carbocycles. The average molecular weight is 387 g/mol. The van der Waals surface area contributed by atoms with E-state index < -0.39 is 0 Å². The van der Waals surface area contributed by atoms with Crippen LogP contribution >= 0.6 is 0 Å². The van der Waals surface area contributed by atoms with Crippen molar-refractivity contribution in [2.45, 2.75) is 32.4 Å². The zero-order valence-electron chi connectivity index (χ0n) is 16.3. The number of benzene rings is 1. The van der Waals surface area contributed by atoms with Gasteiger partial charge in [0.2, 0.25) is 5.43 Å². The quantitative estimate of drug-likeness (QED) is 0.824. The van der Waals surface area contributed by atoms with E-state index in [4.69, 9.17) is 4.74 Å². The van der Waals surface area contributed by atoms with E-state index in [0.717, 1.165) is 43.7 Å². The Morgan fingerprint density at radius 1 is 1.25 bits per heavy atom. The van der Waals surface area contributed by atoms with E-state index in [2.05, 4.69) is 10.2 Å². The molecule has 1 fully saturated rings. The van der Waals surface area contributed by atoms with Gasteiger partial charge in [-0.2, -0.15) is 0 Å². The second kappa shape index (κ2) is 9.01. The molecule has 7 heteroatoms. The summed E-state index contributed by atoms with van der Waals surface area (Å²) in [6.07, 6.45) is 3.29. The number of halogens is 1. The fourth-order valence-electron chi connectivity index (χ4n) is 3.31. The summed E-state index contributed by atoms with van der Waals surface area (Å²) in [6.45, 7) is 4.17. The number of hydrogen-bond acceptors (Lipinski definition) is 4. The van der Waals surface area contributed by atoms with Crippen LogP contribution in [0.1, 0.15) is 24.1 Å². The van der Waals surface area contributed by atoms with Crippen LogP contribution in [-0.2, 0) is 18.4 Å². The van der Waals surface area contributed by atoms with Crippen LogP contribution in [0.2, 0.25) is 0 Å². The highest BCUT2D eigenvalue weighted by atomic mass is 19.1. The van der Waals surface area contributed by atoms with Crippen LogP contribution in [0, 0.1) is 12.7 Å². The number of aromatic nitrogens is 1. The van der Waals surface area contributed by atoms with Crippen LogP contribution in [0.5, 0.6) is 5.75 Å². The molecule has 3 rings (SSSR count). The van der Waals surface area contributed by atoms with E-state index in [-0.39, 0.29) is 35.6 Å². The van der Waals surface area contributed by atoms with Crippen molar-refractivity contribution < 1.29 is 13.9 Å². The first-order valence-electron chi connectivity index (χ1n) is 9.47. The minimum absolute atomic E-state index is 0.0985. The number of hydrogen-bond donors (Lipinski definition) is 1. The van der Waals surface area contributed by atoms with Crippen LogP contribution in [0.3, 0.4) is 0 Å². The van der Waals surface area contributed by atoms with Crippen molar-refractivity contribution in [1.82, 2.24) is 14.8 Å². The fourth-order valence-corrected chi connectivity index (χ4v) is 3.31. The number of carbonyl (C=O) groups is 1. The van der Waals surface area contributed by atoms with Gasteiger partial charge in [0.1, 0.15) is 5.82 Å². The average Bonchev–Trinajstić information content (AvgIpc) is 2.67. The lowest BCUT2D eigenvalue weighted by Crippen LogP contribution is -2.45. The molecule has 0 radical (unpaired) electrons. The molecule has 150 valence electrons. The minimum atomic E-state index is -0.226. The molecule has 2 heterocycles. The number of pyridine rings is 1. The third kappa shape index (κ3) is 5.42. The molecule has 28 heavy (non-hydrogen) atoms. The van der Waals surface area contributed by atoms with E-state index in [0.29, 0.717) is 0 Å². The highest BCUT2D eigenvalue weighted by Crippen LogP contribution is 2.14. The molecule has 0 atom stereocenters. The molecular formula is C21H26FN3O3. The zero-order valence-corrected chi connectivity index (χ0v) is 16.3. The number of nitrogens with zero attached hydrogens (tertiary/aromatic N) is 2. The summed E-state index contributed by atoms with van der Waals surface area (Å²) < 4.78 is 20.2. The van der Waals surface area contributed by atoms with Gasteiger partial charge in [0, 0.05) is 50.7 Å². The predicted molar refractivity (Wildman–Crippen MR) is 105 cm³/mol. The second-order valence-corrected chi connectivity index (χ2v) is 7.29. The second-order valence-electron chi connectivity index (χ2n) is 7.29. The first kappa shape index (κ1) is 20.1. The molecule has 1 amide bonds. The van der Waals surface area contributed by atoms with Crippen molar-refractivity contribution in [3.63, 3.8) is 0 Å². The van der Waals surface area contributed by atoms with E-state index in [1.54, 1.807) is 22.9 Å². The molecule has 2 aromatic rings. The first-order chi connectivity index (χ1) is 13.4. The van der Waals surface area contributed by atoms with Gasteiger partial charge in [-0.25, -0.2) is 4.39 Å². The number of piperidine rings is 1. The van der Waals surface area contributed by atoms with Gasteiger partial charge in [0.15, 0.2) is 12.4 Å². The third-order valence-electron chi connectivity index (χ3n) is 5.08. The fraction of sp³-hybridized carbons (Fsp3) is 0.429. The van der Waals surface area contributed by atoms with E-state index in [1.165, 1.54) is 18.2 Å². The Balaban J connectivity index is 1.42. The molecule has 0 saturated carbocycles. The summed E-state index contributed by atoms with van der Waals surface area (Å²) in [6, 6.07) is 8.14. The summed E-state index contributed by atoms with van der Waals surface area (Å²) in [7, 11) is 1.82. The lowest BCUT2D eigenvalue weighted by molar-refractivity contribution is -0.124. The molecular weight excluding hydrogens is 361 g/mol. The molecule has 0 bridgehead atoms. The molecule has 1 aliphatic heterocycles. The van der Waals surface area contributed by atoms with Crippen LogP contribution in [0.25, 0.3) is 0 Å². The number of ether oxygens (including phenoxy) is 1. The lowest BCUT2D eigenvalue weighted by atomic mass is 10.0. The number of rotatable bonds is 6. The van der Waals surface area contributed by atoms with Gasteiger partial charge in [-0.3, -0.25) is 14.5 Å². The number of carbonyl (C=O) groups excluding carboxylic acids is 1. The maximum absolute atomic E-state index is 13.0. The third-order valence-corrected chi connectivity index (χ3v) is 5.08. The summed E-state index contributed by atoms with van der Waals surface area (Å²) in [5.74, 6) is -0.270. The van der Waals surface area contributed by atoms with E-state index >= 15 is 0 Å². The summed E-state index contributed by atoms with van der Waals surface area (Å²) in [5.41, 5.74) is 1.68. The number of aryl methyl sites for hydroxylation is 2. The van der Waals surface area contributed by atoms with E-state index in [1.807, 2.05) is 14.0 Å². The molecule has 1 aromatic heterocycles. The van der Waals surface area contributed by atoms with Crippen LogP contribution < -0.4 is 15.5 Å². The van der Waals surface area contributed by atoms with Crippen LogP contribution in [0.4, 0.5) is 4.39 Å². The largest absolute Gasteiger partial charge is 0.478 e. The van der Waals surface area contributed by atoms with E-state index in [9.17, 15) is 14.0 Å². The van der Waals surface area contributed by atoms with Gasteiger partial charge in [-0.1, -0.05) is 12.1 Å². The van der Waals surface area contributed by atoms with Gasteiger partial charge in [0.05, 0.1) is 0 Å². The Morgan fingerprint density at radius 3 is 2.61 bits per heavy atom. The number of nitrogens with one attached hydrogen (secondary N) is 1. The summed E-state index contributed by atoms with van der Waals surface area (Å²) >= 11 is 0. The normalized spacial score (nSPS) is 15.4. The Kier molecular flexibility index (Phi) is 6.46. The molecule has 1 saturated heterocycles. The first-order valence-corrected chi connectivity index (χ1v) is 9.47. The van der Waals surface area contributed by atoms with Crippen molar-refractivity contribution in [3.05, 3.63) is 63.8 Å².